The van der Waals surface area contributed by atoms with Crippen LogP contribution in [-0.4, -0.2) is 23.6 Å². The lowest BCUT2D eigenvalue weighted by molar-refractivity contribution is -0.559. The second-order valence-corrected chi connectivity index (χ2v) is 8.80. The molecule has 4 aliphatic heterocycles. The number of rotatable bonds is 5. The van der Waals surface area contributed by atoms with Gasteiger partial charge >= 0.3 is 5.97 Å². The molecule has 0 N–H and O–H groups in total. The molecule has 5 aliphatic rings. The third kappa shape index (κ3) is 2.74. The Bertz CT molecular complexity index is 522. The topological polar surface area (TPSA) is 54.0 Å². The maximum Gasteiger partial charge on any atom is 0.311 e. The Morgan fingerprint density at radius 3 is 2.72 bits per heavy atom. The van der Waals surface area contributed by atoms with Gasteiger partial charge in [0, 0.05) is 18.3 Å². The first-order valence-corrected chi connectivity index (χ1v) is 10.3. The van der Waals surface area contributed by atoms with Gasteiger partial charge in [-0.3, -0.25) is 4.79 Å². The number of carbonyl (C=O) groups excluding carboxylic acids is 1. The van der Waals surface area contributed by atoms with Crippen molar-refractivity contribution in [3.63, 3.8) is 0 Å². The minimum atomic E-state index is -0.800. The average molecular weight is 352 g/mol. The first kappa shape index (κ1) is 17.7. The second-order valence-electron chi connectivity index (χ2n) is 8.80. The van der Waals surface area contributed by atoms with Gasteiger partial charge < -0.3 is 9.47 Å². The number of fused-ring (bicyclic) bond motifs is 2. The Labute approximate surface area is 150 Å². The molecule has 5 fully saturated rings. The third-order valence-corrected chi connectivity index (χ3v) is 7.16. The predicted molar refractivity (Wildman–Crippen MR) is 91.1 cm³/mol. The molecule has 5 rings (SSSR count). The minimum Gasteiger partial charge on any atom is -0.432 e. The van der Waals surface area contributed by atoms with Crippen molar-refractivity contribution in [2.24, 2.45) is 23.7 Å². The van der Waals surface area contributed by atoms with Crippen LogP contribution < -0.4 is 0 Å². The van der Waals surface area contributed by atoms with Crippen molar-refractivity contribution in [2.45, 2.75) is 96.2 Å². The fourth-order valence-corrected chi connectivity index (χ4v) is 5.73. The number of hydrogen-bond donors (Lipinski definition) is 0. The van der Waals surface area contributed by atoms with E-state index in [4.69, 9.17) is 19.2 Å². The smallest absolute Gasteiger partial charge is 0.311 e. The summed E-state index contributed by atoms with van der Waals surface area (Å²) in [4.78, 5) is 24.7. The van der Waals surface area contributed by atoms with Crippen molar-refractivity contribution >= 4 is 5.97 Å². The summed E-state index contributed by atoms with van der Waals surface area (Å²) in [6.45, 7) is 6.39. The van der Waals surface area contributed by atoms with E-state index in [1.165, 1.54) is 19.3 Å². The number of ether oxygens (including phenoxy) is 2. The van der Waals surface area contributed by atoms with Gasteiger partial charge in [0.1, 0.15) is 0 Å². The number of hydrogen-bond acceptors (Lipinski definition) is 5. The van der Waals surface area contributed by atoms with Crippen LogP contribution in [0.15, 0.2) is 0 Å². The van der Waals surface area contributed by atoms with Crippen molar-refractivity contribution in [3.8, 4) is 0 Å². The molecule has 2 bridgehead atoms. The summed E-state index contributed by atoms with van der Waals surface area (Å²) < 4.78 is 12.0. The Balaban J connectivity index is 1.63. The van der Waals surface area contributed by atoms with E-state index in [1.54, 1.807) is 0 Å². The average Bonchev–Trinajstić information content (AvgIpc) is 2.81. The zero-order valence-electron chi connectivity index (χ0n) is 15.8. The van der Waals surface area contributed by atoms with Crippen molar-refractivity contribution in [3.05, 3.63) is 0 Å². The second kappa shape index (κ2) is 6.50. The quantitative estimate of drug-likeness (QED) is 0.418. The van der Waals surface area contributed by atoms with E-state index in [0.29, 0.717) is 11.8 Å². The molecule has 0 unspecified atom stereocenters. The summed E-state index contributed by atoms with van der Waals surface area (Å²) in [5.41, 5.74) is -0.614. The minimum absolute atomic E-state index is 0.0854. The van der Waals surface area contributed by atoms with E-state index in [-0.39, 0.29) is 17.8 Å². The van der Waals surface area contributed by atoms with Crippen LogP contribution in [0, 0.1) is 23.7 Å². The summed E-state index contributed by atoms with van der Waals surface area (Å²) in [5, 5.41) is 0. The normalized spacial score (nSPS) is 48.6. The van der Waals surface area contributed by atoms with Crippen LogP contribution in [0.3, 0.4) is 0 Å². The largest absolute Gasteiger partial charge is 0.432 e. The van der Waals surface area contributed by atoms with Gasteiger partial charge in [0.05, 0.1) is 5.92 Å². The number of unbranched alkanes of at least 4 members (excludes halogenated alkanes) is 3. The van der Waals surface area contributed by atoms with Crippen LogP contribution in [-0.2, 0) is 24.0 Å². The molecule has 0 radical (unpaired) electrons. The summed E-state index contributed by atoms with van der Waals surface area (Å²) >= 11 is 0. The molecule has 4 heterocycles. The maximum absolute atomic E-state index is 12.8. The van der Waals surface area contributed by atoms with Gasteiger partial charge in [-0.25, -0.2) is 9.78 Å². The standard InChI is InChI=1S/C20H32O5/c1-4-5-6-7-8-14-16-10-9-13(2)15-11-12-19(3)23-18(22-17(14)21)20(15,16)25-24-19/h13-16,18H,4-12H2,1-3H3/t13-,14-,15+,16+,18-,19-,20-/m1/s1. The van der Waals surface area contributed by atoms with Gasteiger partial charge in [-0.15, -0.1) is 0 Å². The van der Waals surface area contributed by atoms with E-state index < -0.39 is 17.7 Å². The molecule has 25 heavy (non-hydrogen) atoms. The Morgan fingerprint density at radius 1 is 1.08 bits per heavy atom. The third-order valence-electron chi connectivity index (χ3n) is 7.16. The molecule has 0 aromatic rings. The van der Waals surface area contributed by atoms with Gasteiger partial charge in [-0.1, -0.05) is 39.5 Å². The highest BCUT2D eigenvalue weighted by Gasteiger charge is 2.70. The number of esters is 1. The van der Waals surface area contributed by atoms with Gasteiger partial charge in [0.15, 0.2) is 5.60 Å². The fraction of sp³-hybridized carbons (Fsp3) is 0.950. The summed E-state index contributed by atoms with van der Waals surface area (Å²) in [7, 11) is 0. The molecule has 0 amide bonds. The van der Waals surface area contributed by atoms with Crippen LogP contribution in [0.2, 0.25) is 0 Å². The van der Waals surface area contributed by atoms with Gasteiger partial charge in [-0.2, -0.15) is 0 Å². The molecule has 1 saturated carbocycles. The first-order valence-electron chi connectivity index (χ1n) is 10.3. The van der Waals surface area contributed by atoms with Gasteiger partial charge in [-0.05, 0) is 38.5 Å². The van der Waals surface area contributed by atoms with E-state index in [2.05, 4.69) is 13.8 Å². The first-order chi connectivity index (χ1) is 12.0. The summed E-state index contributed by atoms with van der Waals surface area (Å²) in [6, 6.07) is 0. The van der Waals surface area contributed by atoms with Crippen molar-refractivity contribution in [1.82, 2.24) is 0 Å². The zero-order valence-corrected chi connectivity index (χ0v) is 15.8. The SMILES string of the molecule is CCCCCC[C@H]1C(=O)O[C@@H]2O[C@@]3(C)CC[C@H]4[C@H](C)CC[C@@H]1[C@@]24OO3. The highest BCUT2D eigenvalue weighted by Crippen LogP contribution is 2.60. The number of carbonyl (C=O) groups is 1. The van der Waals surface area contributed by atoms with Crippen LogP contribution in [0.4, 0.5) is 0 Å². The molecule has 5 nitrogen and oxygen atoms in total. The van der Waals surface area contributed by atoms with E-state index in [9.17, 15) is 4.79 Å². The van der Waals surface area contributed by atoms with Crippen LogP contribution in [0.5, 0.6) is 0 Å². The van der Waals surface area contributed by atoms with Gasteiger partial charge in [0.2, 0.25) is 12.1 Å². The molecule has 7 atom stereocenters. The van der Waals surface area contributed by atoms with Crippen molar-refractivity contribution in [2.75, 3.05) is 0 Å². The Kier molecular flexibility index (Phi) is 4.62. The van der Waals surface area contributed by atoms with Crippen LogP contribution in [0.25, 0.3) is 0 Å². The lowest BCUT2D eigenvalue weighted by atomic mass is 9.57. The molecular formula is C20H32O5. The van der Waals surface area contributed by atoms with Gasteiger partial charge in [0.25, 0.3) is 0 Å². The van der Waals surface area contributed by atoms with E-state index in [0.717, 1.165) is 38.5 Å². The maximum atomic E-state index is 12.8. The summed E-state index contributed by atoms with van der Waals surface area (Å²) in [5.74, 6) is 0.0223. The molecular weight excluding hydrogens is 320 g/mol. The van der Waals surface area contributed by atoms with E-state index in [1.807, 2.05) is 6.92 Å². The molecule has 142 valence electrons. The predicted octanol–water partition coefficient (Wildman–Crippen LogP) is 4.35. The molecule has 1 aliphatic carbocycles. The lowest BCUT2D eigenvalue weighted by Gasteiger charge is -2.58. The van der Waals surface area contributed by atoms with Crippen molar-refractivity contribution < 1.29 is 24.0 Å². The highest BCUT2D eigenvalue weighted by molar-refractivity contribution is 5.74. The molecule has 4 saturated heterocycles. The van der Waals surface area contributed by atoms with Crippen molar-refractivity contribution in [1.29, 1.82) is 0 Å². The molecule has 1 spiro atoms. The molecule has 0 aromatic carbocycles. The monoisotopic (exact) mass is 352 g/mol. The zero-order chi connectivity index (χ0) is 17.7. The highest BCUT2D eigenvalue weighted by atomic mass is 17.3. The Morgan fingerprint density at radius 2 is 1.92 bits per heavy atom. The van der Waals surface area contributed by atoms with Crippen LogP contribution in [0.1, 0.15) is 78.6 Å². The van der Waals surface area contributed by atoms with E-state index >= 15 is 0 Å². The summed E-state index contributed by atoms with van der Waals surface area (Å²) in [6.07, 6.45) is 8.86. The van der Waals surface area contributed by atoms with Crippen LogP contribution >= 0.6 is 0 Å². The molecule has 5 heteroatoms. The Hall–Kier alpha value is -0.650. The molecule has 0 aromatic heterocycles. The lowest BCUT2D eigenvalue weighted by Crippen LogP contribution is -2.70. The fourth-order valence-electron chi connectivity index (χ4n) is 5.73.